The first-order valence-electron chi connectivity index (χ1n) is 7.58. The number of anilines is 2. The van der Waals surface area contributed by atoms with Crippen LogP contribution in [0, 0.1) is 6.92 Å². The molecule has 1 saturated heterocycles. The van der Waals surface area contributed by atoms with Crippen molar-refractivity contribution >= 4 is 17.8 Å². The number of primary amides is 1. The lowest BCUT2D eigenvalue weighted by molar-refractivity contribution is -0.116. The average molecular weight is 307 g/mol. The maximum atomic E-state index is 11.0. The smallest absolute Gasteiger partial charge is 0.237 e. The molecule has 1 aliphatic heterocycles. The average Bonchev–Trinajstić information content (AvgIpc) is 2.46. The molecule has 0 unspecified atom stereocenters. The SMILES string of the molecule is Cc1nc(N(C)CC(N)=O)nc(N2CCN(C(C)C)CC2)n1. The molecule has 1 aromatic heterocycles. The van der Waals surface area contributed by atoms with E-state index in [0.717, 1.165) is 26.2 Å². The molecule has 1 fully saturated rings. The highest BCUT2D eigenvalue weighted by Crippen LogP contribution is 2.16. The summed E-state index contributed by atoms with van der Waals surface area (Å²) in [6.07, 6.45) is 0. The van der Waals surface area contributed by atoms with Crippen LogP contribution in [0.4, 0.5) is 11.9 Å². The summed E-state index contributed by atoms with van der Waals surface area (Å²) in [7, 11) is 1.75. The lowest BCUT2D eigenvalue weighted by atomic mass is 10.2. The largest absolute Gasteiger partial charge is 0.368 e. The summed E-state index contributed by atoms with van der Waals surface area (Å²) < 4.78 is 0. The van der Waals surface area contributed by atoms with Crippen LogP contribution in [0.3, 0.4) is 0 Å². The number of carbonyl (C=O) groups is 1. The number of piperazine rings is 1. The molecule has 1 aromatic rings. The molecule has 0 aliphatic carbocycles. The van der Waals surface area contributed by atoms with Gasteiger partial charge in [0.2, 0.25) is 17.8 Å². The van der Waals surface area contributed by atoms with Crippen molar-refractivity contribution in [1.82, 2.24) is 19.9 Å². The number of rotatable bonds is 5. The molecule has 8 nitrogen and oxygen atoms in total. The topological polar surface area (TPSA) is 91.5 Å². The van der Waals surface area contributed by atoms with Crippen LogP contribution in [0.25, 0.3) is 0 Å². The molecule has 122 valence electrons. The van der Waals surface area contributed by atoms with Crippen LogP contribution >= 0.6 is 0 Å². The highest BCUT2D eigenvalue weighted by atomic mass is 16.1. The van der Waals surface area contributed by atoms with Gasteiger partial charge >= 0.3 is 0 Å². The minimum atomic E-state index is -0.410. The molecule has 8 heteroatoms. The molecule has 0 atom stereocenters. The maximum Gasteiger partial charge on any atom is 0.237 e. The molecule has 2 heterocycles. The Balaban J connectivity index is 2.12. The number of nitrogens with two attached hydrogens (primary N) is 1. The monoisotopic (exact) mass is 307 g/mol. The molecule has 1 aliphatic rings. The summed E-state index contributed by atoms with van der Waals surface area (Å²) in [4.78, 5) is 30.5. The van der Waals surface area contributed by atoms with Crippen LogP contribution in [-0.2, 0) is 4.79 Å². The van der Waals surface area contributed by atoms with Gasteiger partial charge in [0.1, 0.15) is 5.82 Å². The van der Waals surface area contributed by atoms with E-state index in [1.165, 1.54) is 0 Å². The lowest BCUT2D eigenvalue weighted by Gasteiger charge is -2.37. The quantitative estimate of drug-likeness (QED) is 0.793. The van der Waals surface area contributed by atoms with Gasteiger partial charge in [-0.05, 0) is 20.8 Å². The molecule has 2 rings (SSSR count). The van der Waals surface area contributed by atoms with Gasteiger partial charge in [0, 0.05) is 39.3 Å². The molecular formula is C14H25N7O. The number of aromatic nitrogens is 3. The zero-order chi connectivity index (χ0) is 16.3. The van der Waals surface area contributed by atoms with E-state index >= 15 is 0 Å². The summed E-state index contributed by atoms with van der Waals surface area (Å²) in [6, 6.07) is 0.555. The van der Waals surface area contributed by atoms with Crippen molar-refractivity contribution in [2.24, 2.45) is 5.73 Å². The van der Waals surface area contributed by atoms with E-state index in [9.17, 15) is 4.79 Å². The molecule has 0 radical (unpaired) electrons. The Morgan fingerprint density at radius 2 is 1.86 bits per heavy atom. The molecular weight excluding hydrogens is 282 g/mol. The number of aryl methyl sites for hydroxylation is 1. The predicted molar refractivity (Wildman–Crippen MR) is 86.0 cm³/mol. The van der Waals surface area contributed by atoms with Crippen molar-refractivity contribution in [2.75, 3.05) is 49.6 Å². The maximum absolute atomic E-state index is 11.0. The zero-order valence-electron chi connectivity index (χ0n) is 13.8. The Hall–Kier alpha value is -1.96. The highest BCUT2D eigenvalue weighted by Gasteiger charge is 2.22. The molecule has 0 aromatic carbocycles. The van der Waals surface area contributed by atoms with Crippen LogP contribution in [0.15, 0.2) is 0 Å². The number of hydrogen-bond acceptors (Lipinski definition) is 7. The zero-order valence-corrected chi connectivity index (χ0v) is 13.8. The molecule has 0 spiro atoms. The van der Waals surface area contributed by atoms with Gasteiger partial charge in [0.25, 0.3) is 0 Å². The van der Waals surface area contributed by atoms with Gasteiger partial charge < -0.3 is 15.5 Å². The Morgan fingerprint density at radius 3 is 2.41 bits per heavy atom. The minimum Gasteiger partial charge on any atom is -0.368 e. The van der Waals surface area contributed by atoms with E-state index in [-0.39, 0.29) is 6.54 Å². The van der Waals surface area contributed by atoms with Gasteiger partial charge in [-0.25, -0.2) is 0 Å². The second kappa shape index (κ2) is 6.87. The molecule has 0 saturated carbocycles. The predicted octanol–water partition coefficient (Wildman–Crippen LogP) is -0.368. The summed E-state index contributed by atoms with van der Waals surface area (Å²) in [5.74, 6) is 1.38. The van der Waals surface area contributed by atoms with Gasteiger partial charge in [0.05, 0.1) is 6.54 Å². The molecule has 22 heavy (non-hydrogen) atoms. The second-order valence-corrected chi connectivity index (χ2v) is 5.92. The van der Waals surface area contributed by atoms with E-state index in [4.69, 9.17) is 5.73 Å². The van der Waals surface area contributed by atoms with Crippen molar-refractivity contribution in [3.8, 4) is 0 Å². The van der Waals surface area contributed by atoms with Gasteiger partial charge in [-0.1, -0.05) is 0 Å². The third-order valence-corrected chi connectivity index (χ3v) is 3.79. The Labute approximate surface area is 131 Å². The molecule has 0 bridgehead atoms. The van der Waals surface area contributed by atoms with Gasteiger partial charge in [-0.3, -0.25) is 9.69 Å². The summed E-state index contributed by atoms with van der Waals surface area (Å²) in [5.41, 5.74) is 5.23. The van der Waals surface area contributed by atoms with Crippen LogP contribution < -0.4 is 15.5 Å². The van der Waals surface area contributed by atoms with Crippen molar-refractivity contribution in [2.45, 2.75) is 26.8 Å². The fourth-order valence-corrected chi connectivity index (χ4v) is 2.51. The van der Waals surface area contributed by atoms with E-state index < -0.39 is 5.91 Å². The normalized spacial score (nSPS) is 16.1. The van der Waals surface area contributed by atoms with Crippen LogP contribution in [0.1, 0.15) is 19.7 Å². The number of carbonyl (C=O) groups excluding carboxylic acids is 1. The third kappa shape index (κ3) is 4.03. The van der Waals surface area contributed by atoms with E-state index in [1.807, 2.05) is 6.92 Å². The van der Waals surface area contributed by atoms with Crippen molar-refractivity contribution in [1.29, 1.82) is 0 Å². The van der Waals surface area contributed by atoms with Gasteiger partial charge in [0.15, 0.2) is 0 Å². The van der Waals surface area contributed by atoms with Crippen molar-refractivity contribution in [3.63, 3.8) is 0 Å². The Bertz CT molecular complexity index is 526. The number of likely N-dealkylation sites (N-methyl/N-ethyl adjacent to an activating group) is 1. The van der Waals surface area contributed by atoms with E-state index in [1.54, 1.807) is 11.9 Å². The fourth-order valence-electron chi connectivity index (χ4n) is 2.51. The van der Waals surface area contributed by atoms with Crippen molar-refractivity contribution in [3.05, 3.63) is 5.82 Å². The summed E-state index contributed by atoms with van der Waals surface area (Å²) >= 11 is 0. The van der Waals surface area contributed by atoms with Crippen LogP contribution in [0.2, 0.25) is 0 Å². The molecule has 1 amide bonds. The van der Waals surface area contributed by atoms with E-state index in [0.29, 0.717) is 23.8 Å². The van der Waals surface area contributed by atoms with Gasteiger partial charge in [-0.2, -0.15) is 15.0 Å². The van der Waals surface area contributed by atoms with Crippen molar-refractivity contribution < 1.29 is 4.79 Å². The summed E-state index contributed by atoms with van der Waals surface area (Å²) in [6.45, 7) is 10.1. The first-order valence-corrected chi connectivity index (χ1v) is 7.58. The number of nitrogens with zero attached hydrogens (tertiary/aromatic N) is 6. The first kappa shape index (κ1) is 16.4. The van der Waals surface area contributed by atoms with Crippen LogP contribution in [-0.4, -0.2) is 71.6 Å². The third-order valence-electron chi connectivity index (χ3n) is 3.79. The first-order chi connectivity index (χ1) is 10.4. The number of hydrogen-bond donors (Lipinski definition) is 1. The lowest BCUT2D eigenvalue weighted by Crippen LogP contribution is -2.49. The Morgan fingerprint density at radius 1 is 1.23 bits per heavy atom. The van der Waals surface area contributed by atoms with Gasteiger partial charge in [-0.15, -0.1) is 0 Å². The Kier molecular flexibility index (Phi) is 5.12. The minimum absolute atomic E-state index is 0.0873. The van der Waals surface area contributed by atoms with E-state index in [2.05, 4.69) is 38.6 Å². The second-order valence-electron chi connectivity index (χ2n) is 5.92. The van der Waals surface area contributed by atoms with Crippen LogP contribution in [0.5, 0.6) is 0 Å². The molecule has 2 N–H and O–H groups in total. The number of amides is 1. The summed E-state index contributed by atoms with van der Waals surface area (Å²) in [5, 5.41) is 0. The fraction of sp³-hybridized carbons (Fsp3) is 0.714. The standard InChI is InChI=1S/C14H25N7O/c1-10(2)20-5-7-21(8-6-20)14-17-11(3)16-13(18-14)19(4)9-12(15)22/h10H,5-9H2,1-4H3,(H2,15,22). The highest BCUT2D eigenvalue weighted by molar-refractivity contribution is 5.78.